The summed E-state index contributed by atoms with van der Waals surface area (Å²) in [6.07, 6.45) is 10.5. The summed E-state index contributed by atoms with van der Waals surface area (Å²) in [6, 6.07) is 0.321. The van der Waals surface area contributed by atoms with Crippen molar-refractivity contribution in [3.8, 4) is 5.88 Å². The Bertz CT molecular complexity index is 584. The molecule has 1 aliphatic carbocycles. The summed E-state index contributed by atoms with van der Waals surface area (Å²) in [5, 5.41) is 9.05. The first-order valence-corrected chi connectivity index (χ1v) is 9.81. The van der Waals surface area contributed by atoms with Crippen LogP contribution in [-0.4, -0.2) is 64.8 Å². The van der Waals surface area contributed by atoms with Crippen molar-refractivity contribution in [3.63, 3.8) is 0 Å². The molecule has 0 atom stereocenters. The standard InChI is InChI=1S/C19H30N4O3/c1-2-22(13-19(24)25)16-7-9-23(10-8-16)17-11-20-12-18(21-17)26-14-15-5-3-4-6-15/h11-12,15-16H,2-10,13-14H2,1H3,(H,24,25). The molecule has 7 nitrogen and oxygen atoms in total. The molecule has 7 heteroatoms. The van der Waals surface area contributed by atoms with Gasteiger partial charge in [0.1, 0.15) is 0 Å². The number of rotatable bonds is 8. The second kappa shape index (κ2) is 9.16. The first-order chi connectivity index (χ1) is 12.7. The van der Waals surface area contributed by atoms with Crippen LogP contribution >= 0.6 is 0 Å². The molecular formula is C19H30N4O3. The minimum Gasteiger partial charge on any atom is -0.480 e. The molecule has 1 aliphatic heterocycles. The first kappa shape index (κ1) is 18.9. The average Bonchev–Trinajstić information content (AvgIpc) is 3.18. The van der Waals surface area contributed by atoms with E-state index in [0.29, 0.717) is 17.8 Å². The molecule has 1 aromatic heterocycles. The number of aliphatic carboxylic acids is 1. The number of hydrogen-bond donors (Lipinski definition) is 1. The smallest absolute Gasteiger partial charge is 0.317 e. The van der Waals surface area contributed by atoms with Gasteiger partial charge in [-0.05, 0) is 38.1 Å². The molecule has 144 valence electrons. The van der Waals surface area contributed by atoms with Gasteiger partial charge in [0.25, 0.3) is 0 Å². The van der Waals surface area contributed by atoms with Crippen LogP contribution in [0.1, 0.15) is 45.4 Å². The Balaban J connectivity index is 1.52. The highest BCUT2D eigenvalue weighted by molar-refractivity contribution is 5.69. The lowest BCUT2D eigenvalue weighted by atomic mass is 10.0. The lowest BCUT2D eigenvalue weighted by Gasteiger charge is -2.37. The maximum atomic E-state index is 11.0. The summed E-state index contributed by atoms with van der Waals surface area (Å²) in [7, 11) is 0. The van der Waals surface area contributed by atoms with E-state index in [-0.39, 0.29) is 6.54 Å². The lowest BCUT2D eigenvalue weighted by Crippen LogP contribution is -2.46. The summed E-state index contributed by atoms with van der Waals surface area (Å²) in [6.45, 7) is 5.36. The Morgan fingerprint density at radius 2 is 2.00 bits per heavy atom. The van der Waals surface area contributed by atoms with Gasteiger partial charge < -0.3 is 14.7 Å². The quantitative estimate of drug-likeness (QED) is 0.761. The van der Waals surface area contributed by atoms with Crippen LogP contribution in [0.15, 0.2) is 12.4 Å². The van der Waals surface area contributed by atoms with Gasteiger partial charge in [0, 0.05) is 19.1 Å². The van der Waals surface area contributed by atoms with E-state index >= 15 is 0 Å². The van der Waals surface area contributed by atoms with E-state index in [0.717, 1.165) is 44.9 Å². The summed E-state index contributed by atoms with van der Waals surface area (Å²) in [5.74, 6) is 1.36. The van der Waals surface area contributed by atoms with Gasteiger partial charge in [0.2, 0.25) is 5.88 Å². The minimum atomic E-state index is -0.757. The van der Waals surface area contributed by atoms with Crippen molar-refractivity contribution in [2.75, 3.05) is 37.7 Å². The molecule has 2 heterocycles. The third-order valence-electron chi connectivity index (χ3n) is 5.59. The zero-order valence-corrected chi connectivity index (χ0v) is 15.6. The summed E-state index contributed by atoms with van der Waals surface area (Å²) >= 11 is 0. The molecule has 2 fully saturated rings. The van der Waals surface area contributed by atoms with Gasteiger partial charge in [0.05, 0.1) is 25.5 Å². The molecule has 0 bridgehead atoms. The van der Waals surface area contributed by atoms with Crippen LogP contribution in [0.4, 0.5) is 5.82 Å². The normalized spacial score (nSPS) is 19.2. The van der Waals surface area contributed by atoms with Gasteiger partial charge >= 0.3 is 5.97 Å². The van der Waals surface area contributed by atoms with Crippen molar-refractivity contribution in [2.24, 2.45) is 5.92 Å². The number of carbonyl (C=O) groups is 1. The van der Waals surface area contributed by atoms with Crippen LogP contribution in [0.3, 0.4) is 0 Å². The van der Waals surface area contributed by atoms with Crippen molar-refractivity contribution >= 4 is 11.8 Å². The molecule has 1 saturated heterocycles. The lowest BCUT2D eigenvalue weighted by molar-refractivity contribution is -0.139. The number of aromatic nitrogens is 2. The van der Waals surface area contributed by atoms with Gasteiger partial charge in [-0.3, -0.25) is 14.7 Å². The van der Waals surface area contributed by atoms with E-state index < -0.39 is 5.97 Å². The maximum absolute atomic E-state index is 11.0. The number of ether oxygens (including phenoxy) is 1. The molecule has 0 amide bonds. The van der Waals surface area contributed by atoms with Crippen LogP contribution in [0.2, 0.25) is 0 Å². The van der Waals surface area contributed by atoms with Crippen molar-refractivity contribution in [1.82, 2.24) is 14.9 Å². The molecule has 0 unspecified atom stereocenters. The van der Waals surface area contributed by atoms with E-state index in [9.17, 15) is 4.79 Å². The zero-order valence-electron chi connectivity index (χ0n) is 15.6. The molecule has 0 radical (unpaired) electrons. The Hall–Kier alpha value is -1.89. The van der Waals surface area contributed by atoms with Crippen LogP contribution in [-0.2, 0) is 4.79 Å². The second-order valence-corrected chi connectivity index (χ2v) is 7.35. The van der Waals surface area contributed by atoms with E-state index in [2.05, 4.69) is 14.9 Å². The molecule has 1 saturated carbocycles. The highest BCUT2D eigenvalue weighted by atomic mass is 16.5. The van der Waals surface area contributed by atoms with Crippen molar-refractivity contribution in [1.29, 1.82) is 0 Å². The van der Waals surface area contributed by atoms with Crippen LogP contribution in [0, 0.1) is 5.92 Å². The summed E-state index contributed by atoms with van der Waals surface area (Å²) < 4.78 is 5.87. The number of nitrogens with zero attached hydrogens (tertiary/aromatic N) is 4. The van der Waals surface area contributed by atoms with Crippen LogP contribution < -0.4 is 9.64 Å². The van der Waals surface area contributed by atoms with Crippen LogP contribution in [0.25, 0.3) is 0 Å². The predicted molar refractivity (Wildman–Crippen MR) is 99.6 cm³/mol. The number of piperidine rings is 1. The SMILES string of the molecule is CCN(CC(=O)O)C1CCN(c2cncc(OCC3CCCC3)n2)CC1. The fraction of sp³-hybridized carbons (Fsp3) is 0.737. The van der Waals surface area contributed by atoms with Gasteiger partial charge in [-0.1, -0.05) is 19.8 Å². The maximum Gasteiger partial charge on any atom is 0.317 e. The molecule has 2 aliphatic rings. The highest BCUT2D eigenvalue weighted by Crippen LogP contribution is 2.26. The van der Waals surface area contributed by atoms with E-state index in [1.807, 2.05) is 11.8 Å². The number of carboxylic acid groups (broad SMARTS) is 1. The molecule has 1 aromatic rings. The van der Waals surface area contributed by atoms with E-state index in [1.54, 1.807) is 12.4 Å². The second-order valence-electron chi connectivity index (χ2n) is 7.35. The van der Waals surface area contributed by atoms with Gasteiger partial charge in [-0.2, -0.15) is 4.98 Å². The number of hydrogen-bond acceptors (Lipinski definition) is 6. The Morgan fingerprint density at radius 3 is 2.65 bits per heavy atom. The number of likely N-dealkylation sites (N-methyl/N-ethyl adjacent to an activating group) is 1. The Kier molecular flexibility index (Phi) is 6.66. The molecule has 1 N–H and O–H groups in total. The molecule has 3 rings (SSSR count). The number of anilines is 1. The Morgan fingerprint density at radius 1 is 1.27 bits per heavy atom. The average molecular weight is 362 g/mol. The summed E-state index contributed by atoms with van der Waals surface area (Å²) in [5.41, 5.74) is 0. The zero-order chi connectivity index (χ0) is 18.4. The van der Waals surface area contributed by atoms with Gasteiger partial charge in [0.15, 0.2) is 5.82 Å². The molecule has 0 spiro atoms. The van der Waals surface area contributed by atoms with E-state index in [4.69, 9.17) is 9.84 Å². The topological polar surface area (TPSA) is 78.8 Å². The fourth-order valence-electron chi connectivity index (χ4n) is 4.07. The third-order valence-corrected chi connectivity index (χ3v) is 5.59. The monoisotopic (exact) mass is 362 g/mol. The van der Waals surface area contributed by atoms with Crippen LogP contribution in [0.5, 0.6) is 5.88 Å². The fourth-order valence-corrected chi connectivity index (χ4v) is 4.07. The highest BCUT2D eigenvalue weighted by Gasteiger charge is 2.26. The van der Waals surface area contributed by atoms with Crippen molar-refractivity contribution < 1.29 is 14.6 Å². The minimum absolute atomic E-state index is 0.117. The number of carboxylic acids is 1. The van der Waals surface area contributed by atoms with Gasteiger partial charge in [-0.15, -0.1) is 0 Å². The Labute approximate surface area is 155 Å². The van der Waals surface area contributed by atoms with Crippen molar-refractivity contribution in [2.45, 2.75) is 51.5 Å². The largest absolute Gasteiger partial charge is 0.480 e. The first-order valence-electron chi connectivity index (χ1n) is 9.81. The van der Waals surface area contributed by atoms with Gasteiger partial charge in [-0.25, -0.2) is 0 Å². The summed E-state index contributed by atoms with van der Waals surface area (Å²) in [4.78, 5) is 24.2. The molecule has 0 aromatic carbocycles. The van der Waals surface area contributed by atoms with Crippen molar-refractivity contribution in [3.05, 3.63) is 12.4 Å². The van der Waals surface area contributed by atoms with E-state index in [1.165, 1.54) is 25.7 Å². The predicted octanol–water partition coefficient (Wildman–Crippen LogP) is 2.42. The third kappa shape index (κ3) is 5.06. The molecular weight excluding hydrogens is 332 g/mol. The molecule has 26 heavy (non-hydrogen) atoms.